The van der Waals surface area contributed by atoms with Crippen LogP contribution in [0.25, 0.3) is 49.3 Å². The van der Waals surface area contributed by atoms with E-state index in [-0.39, 0.29) is 26.8 Å². The average Bonchev–Trinajstić information content (AvgIpc) is 3.22. The van der Waals surface area contributed by atoms with Crippen LogP contribution in [0.3, 0.4) is 0 Å². The molecule has 0 aliphatic rings. The Balaban J connectivity index is 0.00000240. The Morgan fingerprint density at radius 2 is 1.53 bits per heavy atom. The SMILES string of the molecule is Oc1cccc2ccc(Oc3[c-]c4c(cc3)c3ccccc3n4-c3nccc4ccccc34)nc12.[Pt]. The van der Waals surface area contributed by atoms with Gasteiger partial charge in [0.2, 0.25) is 5.88 Å². The Morgan fingerprint density at radius 1 is 0.722 bits per heavy atom. The van der Waals surface area contributed by atoms with Crippen LogP contribution in [0.4, 0.5) is 0 Å². The molecule has 7 aromatic rings. The molecule has 0 unspecified atom stereocenters. The predicted octanol–water partition coefficient (Wildman–Crippen LogP) is 7.18. The molecule has 176 valence electrons. The van der Waals surface area contributed by atoms with Crippen LogP contribution in [-0.4, -0.2) is 19.6 Å². The summed E-state index contributed by atoms with van der Waals surface area (Å²) in [6, 6.07) is 34.9. The average molecular weight is 648 g/mol. The van der Waals surface area contributed by atoms with Gasteiger partial charge < -0.3 is 14.4 Å². The third-order valence-corrected chi connectivity index (χ3v) is 6.31. The summed E-state index contributed by atoms with van der Waals surface area (Å²) in [6.45, 7) is 0. The third kappa shape index (κ3) is 3.52. The molecule has 3 heterocycles. The van der Waals surface area contributed by atoms with Crippen molar-refractivity contribution in [1.29, 1.82) is 0 Å². The fourth-order valence-electron chi connectivity index (χ4n) is 4.72. The largest absolute Gasteiger partial charge is 0.506 e. The van der Waals surface area contributed by atoms with Gasteiger partial charge in [-0.3, -0.25) is 0 Å². The Kier molecular flexibility index (Phi) is 5.43. The maximum absolute atomic E-state index is 10.2. The van der Waals surface area contributed by atoms with Crippen LogP contribution in [0, 0.1) is 6.07 Å². The summed E-state index contributed by atoms with van der Waals surface area (Å²) in [7, 11) is 0. The van der Waals surface area contributed by atoms with Crippen molar-refractivity contribution >= 4 is 43.5 Å². The van der Waals surface area contributed by atoms with E-state index >= 15 is 0 Å². The molecule has 0 fully saturated rings. The van der Waals surface area contributed by atoms with Gasteiger partial charge in [-0.25, -0.2) is 9.97 Å². The smallest absolute Gasteiger partial charge is 0.217 e. The zero-order chi connectivity index (χ0) is 23.4. The van der Waals surface area contributed by atoms with Crippen molar-refractivity contribution in [3.05, 3.63) is 109 Å². The van der Waals surface area contributed by atoms with Crippen LogP contribution in [0.2, 0.25) is 0 Å². The van der Waals surface area contributed by atoms with Crippen molar-refractivity contribution in [2.45, 2.75) is 0 Å². The van der Waals surface area contributed by atoms with Crippen LogP contribution in [-0.2, 0) is 21.1 Å². The molecule has 0 saturated carbocycles. The normalized spacial score (nSPS) is 11.2. The minimum atomic E-state index is 0. The molecule has 0 bridgehead atoms. The van der Waals surface area contributed by atoms with Crippen molar-refractivity contribution in [3.8, 4) is 23.2 Å². The summed E-state index contributed by atoms with van der Waals surface area (Å²) in [4.78, 5) is 9.27. The number of pyridine rings is 2. The molecule has 7 rings (SSSR count). The number of nitrogens with zero attached hydrogens (tertiary/aromatic N) is 3. The van der Waals surface area contributed by atoms with Crippen LogP contribution < -0.4 is 4.74 Å². The number of aromatic hydroxyl groups is 1. The van der Waals surface area contributed by atoms with Crippen LogP contribution in [0.15, 0.2) is 103 Å². The van der Waals surface area contributed by atoms with Gasteiger partial charge >= 0.3 is 0 Å². The molecule has 3 aromatic heterocycles. The first kappa shape index (κ1) is 22.3. The molecule has 0 amide bonds. The van der Waals surface area contributed by atoms with Gasteiger partial charge in [0.1, 0.15) is 17.1 Å². The standard InChI is InChI=1S/C30H18N3O2.Pt/c34-27-11-5-7-20-12-15-28(32-29(20)27)35-21-13-14-24-23-9-3-4-10-25(23)33(26(24)18-21)30-22-8-2-1-6-19(22)16-17-31-30;/h1-17,34H;/q-1;. The van der Waals surface area contributed by atoms with Gasteiger partial charge in [0.25, 0.3) is 0 Å². The number of hydrogen-bond acceptors (Lipinski definition) is 4. The van der Waals surface area contributed by atoms with Crippen LogP contribution in [0.1, 0.15) is 0 Å². The fourth-order valence-corrected chi connectivity index (χ4v) is 4.72. The van der Waals surface area contributed by atoms with Gasteiger partial charge in [0, 0.05) is 55.4 Å². The number of aromatic nitrogens is 3. The second-order valence-corrected chi connectivity index (χ2v) is 8.39. The molecule has 1 N–H and O–H groups in total. The van der Waals surface area contributed by atoms with Crippen LogP contribution in [0.5, 0.6) is 17.4 Å². The second kappa shape index (κ2) is 8.78. The first-order chi connectivity index (χ1) is 17.3. The van der Waals surface area contributed by atoms with Gasteiger partial charge in [-0.15, -0.1) is 17.5 Å². The van der Waals surface area contributed by atoms with E-state index in [1.807, 2.05) is 60.8 Å². The maximum atomic E-state index is 10.2. The van der Waals surface area contributed by atoms with E-state index in [9.17, 15) is 5.11 Å². The van der Waals surface area contributed by atoms with E-state index in [1.54, 1.807) is 18.2 Å². The summed E-state index contributed by atoms with van der Waals surface area (Å²) in [5.41, 5.74) is 2.42. The van der Waals surface area contributed by atoms with E-state index in [0.717, 1.165) is 43.8 Å². The van der Waals surface area contributed by atoms with Gasteiger partial charge in [0.05, 0.1) is 0 Å². The number of benzene rings is 4. The minimum absolute atomic E-state index is 0. The topological polar surface area (TPSA) is 60.2 Å². The van der Waals surface area contributed by atoms with Gasteiger partial charge in [0.15, 0.2) is 0 Å². The number of rotatable bonds is 3. The minimum Gasteiger partial charge on any atom is -0.506 e. The number of phenols is 1. The Bertz CT molecular complexity index is 1910. The van der Waals surface area contributed by atoms with Gasteiger partial charge in [-0.2, -0.15) is 6.07 Å². The van der Waals surface area contributed by atoms with Gasteiger partial charge in [-0.1, -0.05) is 60.1 Å². The first-order valence-corrected chi connectivity index (χ1v) is 11.3. The zero-order valence-electron chi connectivity index (χ0n) is 18.8. The molecule has 0 radical (unpaired) electrons. The fraction of sp³-hybridized carbons (Fsp3) is 0. The van der Waals surface area contributed by atoms with Crippen molar-refractivity contribution in [2.24, 2.45) is 0 Å². The van der Waals surface area contributed by atoms with Crippen LogP contribution >= 0.6 is 0 Å². The number of fused-ring (bicyclic) bond motifs is 5. The summed E-state index contributed by atoms with van der Waals surface area (Å²) in [5, 5.41) is 15.4. The van der Waals surface area contributed by atoms with Crippen molar-refractivity contribution in [1.82, 2.24) is 14.5 Å². The molecule has 0 aliphatic carbocycles. The number of para-hydroxylation sites is 2. The molecular formula is C30H18N3O2Pt-. The second-order valence-electron chi connectivity index (χ2n) is 8.39. The van der Waals surface area contributed by atoms with Gasteiger partial charge in [-0.05, 0) is 35.0 Å². The van der Waals surface area contributed by atoms with E-state index in [1.165, 1.54) is 0 Å². The molecule has 5 nitrogen and oxygen atoms in total. The molecule has 0 aliphatic heterocycles. The summed E-state index contributed by atoms with van der Waals surface area (Å²) in [6.07, 6.45) is 1.84. The Labute approximate surface area is 220 Å². The maximum Gasteiger partial charge on any atom is 0.217 e. The number of phenolic OH excluding ortho intramolecular Hbond substituents is 1. The predicted molar refractivity (Wildman–Crippen MR) is 138 cm³/mol. The third-order valence-electron chi connectivity index (χ3n) is 6.31. The first-order valence-electron chi connectivity index (χ1n) is 11.3. The number of hydrogen-bond donors (Lipinski definition) is 1. The van der Waals surface area contributed by atoms with E-state index in [4.69, 9.17) is 9.72 Å². The van der Waals surface area contributed by atoms with Crippen molar-refractivity contribution < 1.29 is 30.9 Å². The molecule has 0 atom stereocenters. The monoisotopic (exact) mass is 647 g/mol. The quantitative estimate of drug-likeness (QED) is 0.207. The van der Waals surface area contributed by atoms with E-state index < -0.39 is 0 Å². The summed E-state index contributed by atoms with van der Waals surface area (Å²) >= 11 is 0. The Hall–Kier alpha value is -4.21. The Morgan fingerprint density at radius 3 is 2.44 bits per heavy atom. The van der Waals surface area contributed by atoms with Crippen molar-refractivity contribution in [2.75, 3.05) is 0 Å². The van der Waals surface area contributed by atoms with Crippen molar-refractivity contribution in [3.63, 3.8) is 0 Å². The molecule has 4 aromatic carbocycles. The summed E-state index contributed by atoms with van der Waals surface area (Å²) in [5.74, 6) is 1.88. The molecule has 6 heteroatoms. The molecule has 0 saturated heterocycles. The van der Waals surface area contributed by atoms with E-state index in [0.29, 0.717) is 17.1 Å². The molecular weight excluding hydrogens is 629 g/mol. The summed E-state index contributed by atoms with van der Waals surface area (Å²) < 4.78 is 8.25. The molecule has 0 spiro atoms. The number of ether oxygens (including phenoxy) is 1. The van der Waals surface area contributed by atoms with E-state index in [2.05, 4.69) is 39.9 Å². The zero-order valence-corrected chi connectivity index (χ0v) is 21.1. The molecule has 36 heavy (non-hydrogen) atoms.